The van der Waals surface area contributed by atoms with E-state index in [0.29, 0.717) is 11.3 Å². The van der Waals surface area contributed by atoms with E-state index >= 15 is 0 Å². The smallest absolute Gasteiger partial charge is 0.331 e. The zero-order valence-corrected chi connectivity index (χ0v) is 15.9. The standard InChI is InChI=1S/C20H18BrNO4/c1-13(23)17-5-3-4-6-18(17)22-20(25)14(2)26-19(24)12-9-15-7-10-16(21)11-8-15/h3-12,14H,1-2H3,(H,22,25)/b12-9+/t14-/m0/s1. The van der Waals surface area contributed by atoms with Crippen LogP contribution >= 0.6 is 15.9 Å². The summed E-state index contributed by atoms with van der Waals surface area (Å²) in [5.74, 6) is -1.30. The van der Waals surface area contributed by atoms with Gasteiger partial charge >= 0.3 is 5.97 Å². The Morgan fingerprint density at radius 1 is 1.08 bits per heavy atom. The van der Waals surface area contributed by atoms with Crippen LogP contribution in [0.4, 0.5) is 5.69 Å². The quantitative estimate of drug-likeness (QED) is 0.435. The summed E-state index contributed by atoms with van der Waals surface area (Å²) >= 11 is 3.33. The van der Waals surface area contributed by atoms with Gasteiger partial charge in [-0.15, -0.1) is 0 Å². The van der Waals surface area contributed by atoms with Crippen LogP contribution in [0.5, 0.6) is 0 Å². The highest BCUT2D eigenvalue weighted by Gasteiger charge is 2.18. The average Bonchev–Trinajstić information content (AvgIpc) is 2.61. The van der Waals surface area contributed by atoms with Crippen LogP contribution in [-0.4, -0.2) is 23.8 Å². The summed E-state index contributed by atoms with van der Waals surface area (Å²) in [7, 11) is 0. The lowest BCUT2D eigenvalue weighted by Gasteiger charge is -2.14. The Labute approximate surface area is 160 Å². The Bertz CT molecular complexity index is 843. The summed E-state index contributed by atoms with van der Waals surface area (Å²) in [6, 6.07) is 14.0. The number of carbonyl (C=O) groups excluding carboxylic acids is 3. The number of esters is 1. The second kappa shape index (κ2) is 9.10. The van der Waals surface area contributed by atoms with Crippen LogP contribution in [0.3, 0.4) is 0 Å². The Morgan fingerprint density at radius 2 is 1.73 bits per heavy atom. The van der Waals surface area contributed by atoms with Crippen LogP contribution in [0.1, 0.15) is 29.8 Å². The van der Waals surface area contributed by atoms with Crippen LogP contribution in [-0.2, 0) is 14.3 Å². The van der Waals surface area contributed by atoms with E-state index in [4.69, 9.17) is 4.74 Å². The lowest BCUT2D eigenvalue weighted by atomic mass is 10.1. The molecule has 2 rings (SSSR count). The molecule has 0 spiro atoms. The van der Waals surface area contributed by atoms with Gasteiger partial charge in [-0.05, 0) is 49.8 Å². The van der Waals surface area contributed by atoms with Crippen LogP contribution in [0, 0.1) is 0 Å². The number of nitrogens with one attached hydrogen (secondary N) is 1. The fourth-order valence-electron chi connectivity index (χ4n) is 2.14. The molecular weight excluding hydrogens is 398 g/mol. The van der Waals surface area contributed by atoms with Gasteiger partial charge in [0.15, 0.2) is 11.9 Å². The second-order valence-corrected chi connectivity index (χ2v) is 6.47. The molecule has 0 unspecified atom stereocenters. The SMILES string of the molecule is CC(=O)c1ccccc1NC(=O)[C@H](C)OC(=O)/C=C/c1ccc(Br)cc1. The Balaban J connectivity index is 1.95. The molecule has 0 aromatic heterocycles. The molecule has 0 saturated heterocycles. The number of carbonyl (C=O) groups is 3. The van der Waals surface area contributed by atoms with Gasteiger partial charge in [0.1, 0.15) is 0 Å². The van der Waals surface area contributed by atoms with Crippen molar-refractivity contribution in [2.45, 2.75) is 20.0 Å². The monoisotopic (exact) mass is 415 g/mol. The molecule has 0 saturated carbocycles. The molecule has 0 radical (unpaired) electrons. The third-order valence-corrected chi connectivity index (χ3v) is 4.04. The van der Waals surface area contributed by atoms with Crippen molar-refractivity contribution in [3.8, 4) is 0 Å². The molecule has 0 aliphatic rings. The molecule has 1 amide bonds. The first-order valence-electron chi connectivity index (χ1n) is 7.92. The zero-order chi connectivity index (χ0) is 19.1. The number of amides is 1. The molecule has 0 aliphatic heterocycles. The molecule has 0 bridgehead atoms. The van der Waals surface area contributed by atoms with Gasteiger partial charge in [-0.2, -0.15) is 0 Å². The zero-order valence-electron chi connectivity index (χ0n) is 14.4. The number of para-hydroxylation sites is 1. The molecule has 2 aromatic carbocycles. The van der Waals surface area contributed by atoms with Crippen LogP contribution < -0.4 is 5.32 Å². The van der Waals surface area contributed by atoms with E-state index in [-0.39, 0.29) is 5.78 Å². The minimum Gasteiger partial charge on any atom is -0.449 e. The fourth-order valence-corrected chi connectivity index (χ4v) is 2.40. The van der Waals surface area contributed by atoms with Gasteiger partial charge in [-0.25, -0.2) is 4.79 Å². The van der Waals surface area contributed by atoms with Crippen LogP contribution in [0.2, 0.25) is 0 Å². The molecule has 26 heavy (non-hydrogen) atoms. The summed E-state index contributed by atoms with van der Waals surface area (Å²) in [5.41, 5.74) is 1.62. The molecule has 0 heterocycles. The number of ketones is 1. The molecule has 6 heteroatoms. The third kappa shape index (κ3) is 5.67. The Kier molecular flexibility index (Phi) is 6.86. The lowest BCUT2D eigenvalue weighted by molar-refractivity contribution is -0.148. The molecular formula is C20H18BrNO4. The topological polar surface area (TPSA) is 72.5 Å². The highest BCUT2D eigenvalue weighted by Crippen LogP contribution is 2.16. The maximum atomic E-state index is 12.2. The number of Topliss-reactive ketones (excluding diaryl/α,β-unsaturated/α-hetero) is 1. The van der Waals surface area contributed by atoms with Gasteiger partial charge in [0, 0.05) is 16.1 Å². The summed E-state index contributed by atoms with van der Waals surface area (Å²) < 4.78 is 6.04. The predicted molar refractivity (Wildman–Crippen MR) is 104 cm³/mol. The molecule has 1 atom stereocenters. The second-order valence-electron chi connectivity index (χ2n) is 5.56. The molecule has 0 aliphatic carbocycles. The highest BCUT2D eigenvalue weighted by molar-refractivity contribution is 9.10. The first-order valence-corrected chi connectivity index (χ1v) is 8.71. The average molecular weight is 416 g/mol. The third-order valence-electron chi connectivity index (χ3n) is 3.51. The number of anilines is 1. The maximum Gasteiger partial charge on any atom is 0.331 e. The maximum absolute atomic E-state index is 12.2. The number of ether oxygens (including phenoxy) is 1. The molecule has 134 valence electrons. The normalized spacial score (nSPS) is 11.8. The molecule has 2 aromatic rings. The minimum atomic E-state index is -1.00. The van der Waals surface area contributed by atoms with Crippen LogP contribution in [0.25, 0.3) is 6.08 Å². The van der Waals surface area contributed by atoms with E-state index in [0.717, 1.165) is 10.0 Å². The predicted octanol–water partition coefficient (Wildman–Crippen LogP) is 4.24. The summed E-state index contributed by atoms with van der Waals surface area (Å²) in [4.78, 5) is 35.7. The molecule has 0 fully saturated rings. The molecule has 5 nitrogen and oxygen atoms in total. The summed E-state index contributed by atoms with van der Waals surface area (Å²) in [6.07, 6.45) is 1.86. The van der Waals surface area contributed by atoms with E-state index in [1.807, 2.05) is 24.3 Å². The highest BCUT2D eigenvalue weighted by atomic mass is 79.9. The number of rotatable bonds is 6. The lowest BCUT2D eigenvalue weighted by Crippen LogP contribution is -2.30. The van der Waals surface area contributed by atoms with E-state index in [1.165, 1.54) is 19.9 Å². The number of hydrogen-bond donors (Lipinski definition) is 1. The van der Waals surface area contributed by atoms with Crippen molar-refractivity contribution < 1.29 is 19.1 Å². The van der Waals surface area contributed by atoms with Crippen molar-refractivity contribution in [2.75, 3.05) is 5.32 Å². The van der Waals surface area contributed by atoms with Crippen molar-refractivity contribution in [2.24, 2.45) is 0 Å². The van der Waals surface area contributed by atoms with Crippen molar-refractivity contribution in [3.63, 3.8) is 0 Å². The van der Waals surface area contributed by atoms with Gasteiger partial charge in [-0.1, -0.05) is 40.2 Å². The number of hydrogen-bond acceptors (Lipinski definition) is 4. The van der Waals surface area contributed by atoms with Gasteiger partial charge in [0.25, 0.3) is 5.91 Å². The van der Waals surface area contributed by atoms with Gasteiger partial charge in [-0.3, -0.25) is 9.59 Å². The largest absolute Gasteiger partial charge is 0.449 e. The van der Waals surface area contributed by atoms with Crippen molar-refractivity contribution >= 4 is 45.4 Å². The number of benzene rings is 2. The number of halogens is 1. The Morgan fingerprint density at radius 3 is 2.38 bits per heavy atom. The van der Waals surface area contributed by atoms with Gasteiger partial charge < -0.3 is 10.1 Å². The van der Waals surface area contributed by atoms with Crippen molar-refractivity contribution in [1.82, 2.24) is 0 Å². The van der Waals surface area contributed by atoms with Gasteiger partial charge in [0.2, 0.25) is 0 Å². The first-order chi connectivity index (χ1) is 12.4. The van der Waals surface area contributed by atoms with Gasteiger partial charge in [0.05, 0.1) is 5.69 Å². The summed E-state index contributed by atoms with van der Waals surface area (Å²) in [5, 5.41) is 2.61. The van der Waals surface area contributed by atoms with Crippen molar-refractivity contribution in [1.29, 1.82) is 0 Å². The Hall–Kier alpha value is -2.73. The summed E-state index contributed by atoms with van der Waals surface area (Å²) in [6.45, 7) is 2.89. The van der Waals surface area contributed by atoms with E-state index in [2.05, 4.69) is 21.2 Å². The fraction of sp³-hybridized carbons (Fsp3) is 0.150. The van der Waals surface area contributed by atoms with E-state index in [1.54, 1.807) is 30.3 Å². The molecule has 1 N–H and O–H groups in total. The van der Waals surface area contributed by atoms with Crippen molar-refractivity contribution in [3.05, 3.63) is 70.2 Å². The van der Waals surface area contributed by atoms with E-state index in [9.17, 15) is 14.4 Å². The minimum absolute atomic E-state index is 0.164. The van der Waals surface area contributed by atoms with E-state index < -0.39 is 18.0 Å². The van der Waals surface area contributed by atoms with Crippen LogP contribution in [0.15, 0.2) is 59.1 Å². The first kappa shape index (κ1) is 19.6.